The SMILES string of the molecule is Cc1nnc2ccc(N3CCC(Cn4cnc(C(F)F)cc4=O)CC3)nn12. The van der Waals surface area contributed by atoms with Crippen molar-refractivity contribution in [3.8, 4) is 0 Å². The van der Waals surface area contributed by atoms with E-state index >= 15 is 0 Å². The van der Waals surface area contributed by atoms with Crippen LogP contribution in [0.4, 0.5) is 14.6 Å². The summed E-state index contributed by atoms with van der Waals surface area (Å²) in [5, 5.41) is 12.6. The first-order valence-corrected chi connectivity index (χ1v) is 8.80. The largest absolute Gasteiger partial charge is 0.355 e. The van der Waals surface area contributed by atoms with E-state index in [1.807, 2.05) is 19.1 Å². The summed E-state index contributed by atoms with van der Waals surface area (Å²) in [5.74, 6) is 1.89. The molecule has 3 aromatic rings. The molecule has 0 atom stereocenters. The summed E-state index contributed by atoms with van der Waals surface area (Å²) < 4.78 is 28.4. The molecule has 1 aliphatic rings. The normalized spacial score (nSPS) is 15.8. The number of piperidine rings is 1. The first kappa shape index (κ1) is 17.5. The fourth-order valence-corrected chi connectivity index (χ4v) is 3.37. The van der Waals surface area contributed by atoms with Crippen molar-refractivity contribution in [1.29, 1.82) is 0 Å². The van der Waals surface area contributed by atoms with Crippen LogP contribution < -0.4 is 10.5 Å². The Labute approximate surface area is 153 Å². The van der Waals surface area contributed by atoms with Crippen molar-refractivity contribution in [3.05, 3.63) is 46.4 Å². The van der Waals surface area contributed by atoms with E-state index in [1.165, 1.54) is 10.9 Å². The number of halogens is 2. The molecule has 27 heavy (non-hydrogen) atoms. The van der Waals surface area contributed by atoms with E-state index < -0.39 is 17.7 Å². The van der Waals surface area contributed by atoms with Gasteiger partial charge in [-0.3, -0.25) is 9.36 Å². The van der Waals surface area contributed by atoms with Gasteiger partial charge in [-0.2, -0.15) is 4.52 Å². The topological polar surface area (TPSA) is 81.2 Å². The van der Waals surface area contributed by atoms with Gasteiger partial charge >= 0.3 is 0 Å². The molecule has 142 valence electrons. The highest BCUT2D eigenvalue weighted by molar-refractivity contribution is 5.45. The van der Waals surface area contributed by atoms with Crippen LogP contribution in [0.25, 0.3) is 5.65 Å². The third kappa shape index (κ3) is 3.51. The van der Waals surface area contributed by atoms with Gasteiger partial charge in [0.2, 0.25) is 0 Å². The number of rotatable bonds is 4. The maximum absolute atomic E-state index is 12.6. The van der Waals surface area contributed by atoms with E-state index in [0.717, 1.165) is 43.6 Å². The predicted molar refractivity (Wildman–Crippen MR) is 93.9 cm³/mol. The number of hydrogen-bond acceptors (Lipinski definition) is 6. The lowest BCUT2D eigenvalue weighted by molar-refractivity contribution is 0.145. The minimum absolute atomic E-state index is 0.290. The van der Waals surface area contributed by atoms with Crippen LogP contribution >= 0.6 is 0 Å². The second kappa shape index (κ2) is 7.01. The van der Waals surface area contributed by atoms with Gasteiger partial charge in [0.05, 0.1) is 6.33 Å². The van der Waals surface area contributed by atoms with Crippen LogP contribution in [0.2, 0.25) is 0 Å². The zero-order chi connectivity index (χ0) is 19.0. The van der Waals surface area contributed by atoms with Crippen molar-refractivity contribution in [2.75, 3.05) is 18.0 Å². The molecule has 3 aromatic heterocycles. The lowest BCUT2D eigenvalue weighted by Gasteiger charge is -2.32. The number of aromatic nitrogens is 6. The molecule has 0 unspecified atom stereocenters. The minimum atomic E-state index is -2.73. The van der Waals surface area contributed by atoms with E-state index in [2.05, 4.69) is 25.2 Å². The van der Waals surface area contributed by atoms with E-state index in [4.69, 9.17) is 0 Å². The van der Waals surface area contributed by atoms with Gasteiger partial charge in [-0.25, -0.2) is 13.8 Å². The van der Waals surface area contributed by atoms with Crippen LogP contribution in [0, 0.1) is 12.8 Å². The molecule has 4 rings (SSSR count). The monoisotopic (exact) mass is 375 g/mol. The summed E-state index contributed by atoms with van der Waals surface area (Å²) >= 11 is 0. The summed E-state index contributed by atoms with van der Waals surface area (Å²) in [6.45, 7) is 3.96. The smallest absolute Gasteiger partial charge is 0.280 e. The molecule has 0 N–H and O–H groups in total. The molecule has 4 heterocycles. The number of nitrogens with zero attached hydrogens (tertiary/aromatic N) is 7. The molecule has 1 fully saturated rings. The zero-order valence-corrected chi connectivity index (χ0v) is 14.8. The molecular formula is C17H19F2N7O. The molecular weight excluding hydrogens is 356 g/mol. The second-order valence-corrected chi connectivity index (χ2v) is 6.74. The van der Waals surface area contributed by atoms with Crippen LogP contribution in [-0.4, -0.2) is 42.5 Å². The van der Waals surface area contributed by atoms with Gasteiger partial charge in [0.25, 0.3) is 12.0 Å². The molecule has 1 aliphatic heterocycles. The van der Waals surface area contributed by atoms with Crippen LogP contribution in [0.1, 0.15) is 30.8 Å². The quantitative estimate of drug-likeness (QED) is 0.692. The van der Waals surface area contributed by atoms with Crippen molar-refractivity contribution in [3.63, 3.8) is 0 Å². The third-order valence-electron chi connectivity index (χ3n) is 4.92. The standard InChI is InChI=1S/C17H19F2N7O/c1-11-21-22-14-2-3-15(23-26(11)14)24-6-4-12(5-7-24)9-25-10-20-13(17(18)19)8-16(25)27/h2-3,8,10,12,17H,4-7,9H2,1H3. The molecule has 8 nitrogen and oxygen atoms in total. The number of hydrogen-bond donors (Lipinski definition) is 0. The van der Waals surface area contributed by atoms with Gasteiger partial charge in [0, 0.05) is 25.7 Å². The van der Waals surface area contributed by atoms with E-state index in [9.17, 15) is 13.6 Å². The third-order valence-corrected chi connectivity index (χ3v) is 4.92. The number of aryl methyl sites for hydroxylation is 1. The number of fused-ring (bicyclic) bond motifs is 1. The highest BCUT2D eigenvalue weighted by Crippen LogP contribution is 2.23. The Hall–Kier alpha value is -2.91. The molecule has 0 spiro atoms. The second-order valence-electron chi connectivity index (χ2n) is 6.74. The average molecular weight is 375 g/mol. The van der Waals surface area contributed by atoms with Gasteiger partial charge in [-0.15, -0.1) is 15.3 Å². The van der Waals surface area contributed by atoms with Crippen LogP contribution in [-0.2, 0) is 6.54 Å². The van der Waals surface area contributed by atoms with Crippen molar-refractivity contribution in [2.45, 2.75) is 32.7 Å². The van der Waals surface area contributed by atoms with Crippen molar-refractivity contribution >= 4 is 11.5 Å². The maximum Gasteiger partial charge on any atom is 0.280 e. The van der Waals surface area contributed by atoms with E-state index in [0.29, 0.717) is 18.1 Å². The summed E-state index contributed by atoms with van der Waals surface area (Å²) in [4.78, 5) is 17.9. The van der Waals surface area contributed by atoms with Crippen LogP contribution in [0.15, 0.2) is 29.3 Å². The van der Waals surface area contributed by atoms with E-state index in [1.54, 1.807) is 4.52 Å². The fraction of sp³-hybridized carbons (Fsp3) is 0.471. The average Bonchev–Trinajstić information content (AvgIpc) is 3.04. The lowest BCUT2D eigenvalue weighted by Crippen LogP contribution is -2.37. The van der Waals surface area contributed by atoms with E-state index in [-0.39, 0.29) is 0 Å². The Morgan fingerprint density at radius 2 is 2.00 bits per heavy atom. The van der Waals surface area contributed by atoms with Crippen molar-refractivity contribution in [1.82, 2.24) is 29.4 Å². The molecule has 1 saturated heterocycles. The number of alkyl halides is 2. The van der Waals surface area contributed by atoms with Gasteiger partial charge in [0.15, 0.2) is 11.5 Å². The highest BCUT2D eigenvalue weighted by atomic mass is 19.3. The summed E-state index contributed by atoms with van der Waals surface area (Å²) in [7, 11) is 0. The predicted octanol–water partition coefficient (Wildman–Crippen LogP) is 1.84. The van der Waals surface area contributed by atoms with Crippen LogP contribution in [0.5, 0.6) is 0 Å². The minimum Gasteiger partial charge on any atom is -0.355 e. The fourth-order valence-electron chi connectivity index (χ4n) is 3.37. The van der Waals surface area contributed by atoms with Gasteiger partial charge in [0.1, 0.15) is 11.5 Å². The Morgan fingerprint density at radius 3 is 2.70 bits per heavy atom. The Balaban J connectivity index is 1.41. The Kier molecular flexibility index (Phi) is 4.54. The zero-order valence-electron chi connectivity index (χ0n) is 14.8. The summed E-state index contributed by atoms with van der Waals surface area (Å²) in [5.41, 5.74) is -0.194. The molecule has 0 aliphatic carbocycles. The number of anilines is 1. The summed E-state index contributed by atoms with van der Waals surface area (Å²) in [6.07, 6.45) is 0.253. The van der Waals surface area contributed by atoms with Crippen molar-refractivity contribution in [2.24, 2.45) is 5.92 Å². The first-order valence-electron chi connectivity index (χ1n) is 8.80. The van der Waals surface area contributed by atoms with Gasteiger partial charge < -0.3 is 4.90 Å². The Bertz CT molecular complexity index is 1010. The summed E-state index contributed by atoms with van der Waals surface area (Å²) in [6, 6.07) is 4.74. The van der Waals surface area contributed by atoms with Gasteiger partial charge in [-0.1, -0.05) is 0 Å². The molecule has 0 bridgehead atoms. The van der Waals surface area contributed by atoms with Crippen LogP contribution in [0.3, 0.4) is 0 Å². The lowest BCUT2D eigenvalue weighted by atomic mass is 9.96. The highest BCUT2D eigenvalue weighted by Gasteiger charge is 2.22. The molecule has 0 aromatic carbocycles. The van der Waals surface area contributed by atoms with Gasteiger partial charge in [-0.05, 0) is 37.8 Å². The first-order chi connectivity index (χ1) is 13.0. The molecule has 10 heteroatoms. The molecule has 0 radical (unpaired) electrons. The van der Waals surface area contributed by atoms with Crippen molar-refractivity contribution < 1.29 is 8.78 Å². The molecule has 0 amide bonds. The molecule has 0 saturated carbocycles. The Morgan fingerprint density at radius 1 is 1.22 bits per heavy atom. The maximum atomic E-state index is 12.6.